The number of ether oxygens (including phenoxy) is 2. The standard InChI is InChI=1S/C23H36F2N2O4/c1-14(2)6-7-18-12-27(22(29)31-23(3,4)5)20(13-30-18)21(28)19(26)10-15-8-16(24)11-17(25)9-15/h8-9,11,14,18-21,28H,6-7,10,12-13,26H2,1-5H3. The number of nitrogens with two attached hydrogens (primary N) is 1. The minimum Gasteiger partial charge on any atom is -0.444 e. The second-order valence-electron chi connectivity index (χ2n) is 9.76. The molecule has 176 valence electrons. The molecular weight excluding hydrogens is 406 g/mol. The molecule has 1 aromatic carbocycles. The molecular formula is C23H36F2N2O4. The lowest BCUT2D eigenvalue weighted by Crippen LogP contribution is -2.61. The van der Waals surface area contributed by atoms with Crippen LogP contribution in [0, 0.1) is 17.6 Å². The maximum absolute atomic E-state index is 13.5. The molecule has 0 aromatic heterocycles. The molecule has 1 aliphatic rings. The molecule has 1 fully saturated rings. The molecule has 0 bridgehead atoms. The van der Waals surface area contributed by atoms with Gasteiger partial charge in [-0.05, 0) is 63.6 Å². The van der Waals surface area contributed by atoms with Gasteiger partial charge in [-0.15, -0.1) is 0 Å². The third-order valence-corrected chi connectivity index (χ3v) is 5.22. The molecule has 1 aromatic rings. The van der Waals surface area contributed by atoms with Gasteiger partial charge >= 0.3 is 6.09 Å². The van der Waals surface area contributed by atoms with Crippen molar-refractivity contribution in [3.8, 4) is 0 Å². The third kappa shape index (κ3) is 8.01. The van der Waals surface area contributed by atoms with Crippen molar-refractivity contribution in [1.82, 2.24) is 4.90 Å². The van der Waals surface area contributed by atoms with E-state index < -0.39 is 41.5 Å². The molecule has 0 aliphatic carbocycles. The number of carbonyl (C=O) groups excluding carboxylic acids is 1. The summed E-state index contributed by atoms with van der Waals surface area (Å²) in [5, 5.41) is 10.9. The van der Waals surface area contributed by atoms with Crippen molar-refractivity contribution in [3.63, 3.8) is 0 Å². The first-order valence-electron chi connectivity index (χ1n) is 10.9. The molecule has 1 saturated heterocycles. The van der Waals surface area contributed by atoms with Crippen molar-refractivity contribution in [1.29, 1.82) is 0 Å². The minimum absolute atomic E-state index is 0.0469. The first-order chi connectivity index (χ1) is 14.4. The Morgan fingerprint density at radius 3 is 2.45 bits per heavy atom. The van der Waals surface area contributed by atoms with Gasteiger partial charge in [0.1, 0.15) is 17.2 Å². The van der Waals surface area contributed by atoms with Gasteiger partial charge in [0.2, 0.25) is 0 Å². The first kappa shape index (κ1) is 25.5. The maximum Gasteiger partial charge on any atom is 0.410 e. The smallest absolute Gasteiger partial charge is 0.410 e. The minimum atomic E-state index is -1.16. The predicted octanol–water partition coefficient (Wildman–Crippen LogP) is 3.64. The lowest BCUT2D eigenvalue weighted by molar-refractivity contribution is -0.105. The van der Waals surface area contributed by atoms with Gasteiger partial charge in [0.25, 0.3) is 0 Å². The summed E-state index contributed by atoms with van der Waals surface area (Å²) in [6, 6.07) is 1.56. The van der Waals surface area contributed by atoms with E-state index in [4.69, 9.17) is 15.2 Å². The number of benzene rings is 1. The van der Waals surface area contributed by atoms with Gasteiger partial charge in [0.15, 0.2) is 0 Å². The second-order valence-corrected chi connectivity index (χ2v) is 9.76. The predicted molar refractivity (Wildman–Crippen MR) is 115 cm³/mol. The zero-order valence-corrected chi connectivity index (χ0v) is 19.1. The molecule has 0 saturated carbocycles. The van der Waals surface area contributed by atoms with Crippen molar-refractivity contribution < 1.29 is 28.2 Å². The fraction of sp³-hybridized carbons (Fsp3) is 0.696. The number of nitrogens with zero attached hydrogens (tertiary/aromatic N) is 1. The van der Waals surface area contributed by atoms with E-state index in [1.807, 2.05) is 0 Å². The summed E-state index contributed by atoms with van der Waals surface area (Å²) in [7, 11) is 0. The lowest BCUT2D eigenvalue weighted by atomic mass is 9.94. The van der Waals surface area contributed by atoms with Gasteiger partial charge in [-0.1, -0.05) is 13.8 Å². The van der Waals surface area contributed by atoms with E-state index >= 15 is 0 Å². The maximum atomic E-state index is 13.5. The van der Waals surface area contributed by atoms with Crippen LogP contribution in [0.1, 0.15) is 53.0 Å². The van der Waals surface area contributed by atoms with Gasteiger partial charge in [-0.25, -0.2) is 13.6 Å². The number of halogens is 2. The van der Waals surface area contributed by atoms with Crippen LogP contribution in [0.3, 0.4) is 0 Å². The summed E-state index contributed by atoms with van der Waals surface area (Å²) in [5.74, 6) is -0.913. The number of hydrogen-bond acceptors (Lipinski definition) is 5. The van der Waals surface area contributed by atoms with Crippen molar-refractivity contribution in [2.45, 2.75) is 83.8 Å². The Labute approximate surface area is 183 Å². The molecule has 4 unspecified atom stereocenters. The number of carbonyl (C=O) groups is 1. The van der Waals surface area contributed by atoms with Gasteiger partial charge in [0, 0.05) is 12.1 Å². The van der Waals surface area contributed by atoms with E-state index in [0.29, 0.717) is 11.5 Å². The number of aliphatic hydroxyl groups is 1. The molecule has 0 spiro atoms. The van der Waals surface area contributed by atoms with E-state index in [-0.39, 0.29) is 25.7 Å². The fourth-order valence-electron chi connectivity index (χ4n) is 3.65. The van der Waals surface area contributed by atoms with Gasteiger partial charge < -0.3 is 20.3 Å². The van der Waals surface area contributed by atoms with Crippen LogP contribution in [0.25, 0.3) is 0 Å². The van der Waals surface area contributed by atoms with Crippen LogP contribution in [0.5, 0.6) is 0 Å². The first-order valence-corrected chi connectivity index (χ1v) is 10.9. The summed E-state index contributed by atoms with van der Waals surface area (Å²) in [6.45, 7) is 9.95. The van der Waals surface area contributed by atoms with Crippen LogP contribution in [-0.2, 0) is 15.9 Å². The van der Waals surface area contributed by atoms with Crippen LogP contribution in [0.2, 0.25) is 0 Å². The summed E-state index contributed by atoms with van der Waals surface area (Å²) in [6.07, 6.45) is -0.0834. The summed E-state index contributed by atoms with van der Waals surface area (Å²) in [4.78, 5) is 14.4. The fourth-order valence-corrected chi connectivity index (χ4v) is 3.65. The average molecular weight is 443 g/mol. The summed E-state index contributed by atoms with van der Waals surface area (Å²) >= 11 is 0. The van der Waals surface area contributed by atoms with Crippen molar-refractivity contribution >= 4 is 6.09 Å². The van der Waals surface area contributed by atoms with Crippen molar-refractivity contribution in [2.24, 2.45) is 11.7 Å². The number of rotatable bonds is 7. The van der Waals surface area contributed by atoms with Gasteiger partial charge in [-0.3, -0.25) is 4.90 Å². The molecule has 4 atom stereocenters. The van der Waals surface area contributed by atoms with Gasteiger partial charge in [0.05, 0.1) is 31.4 Å². The second kappa shape index (κ2) is 10.7. The molecule has 1 amide bonds. The highest BCUT2D eigenvalue weighted by molar-refractivity contribution is 5.69. The third-order valence-electron chi connectivity index (χ3n) is 5.22. The van der Waals surface area contributed by atoms with E-state index in [0.717, 1.165) is 18.9 Å². The topological polar surface area (TPSA) is 85.0 Å². The van der Waals surface area contributed by atoms with Crippen LogP contribution in [0.15, 0.2) is 18.2 Å². The Kier molecular flexibility index (Phi) is 8.80. The lowest BCUT2D eigenvalue weighted by Gasteiger charge is -2.43. The van der Waals surface area contributed by atoms with Crippen LogP contribution in [0.4, 0.5) is 13.6 Å². The Morgan fingerprint density at radius 1 is 1.29 bits per heavy atom. The Balaban J connectivity index is 2.14. The van der Waals surface area contributed by atoms with Crippen molar-refractivity contribution in [2.75, 3.05) is 13.2 Å². The van der Waals surface area contributed by atoms with E-state index in [1.54, 1.807) is 20.8 Å². The molecule has 8 heteroatoms. The Bertz CT molecular complexity index is 719. The Hall–Kier alpha value is -1.77. The Morgan fingerprint density at radius 2 is 1.90 bits per heavy atom. The highest BCUT2D eigenvalue weighted by atomic mass is 19.1. The zero-order valence-electron chi connectivity index (χ0n) is 19.1. The molecule has 3 N–H and O–H groups in total. The molecule has 1 aliphatic heterocycles. The SMILES string of the molecule is CC(C)CCC1CN(C(=O)OC(C)(C)C)C(C(O)C(N)Cc2cc(F)cc(F)c2)CO1. The van der Waals surface area contributed by atoms with Crippen LogP contribution < -0.4 is 5.73 Å². The highest BCUT2D eigenvalue weighted by Gasteiger charge is 2.40. The van der Waals surface area contributed by atoms with E-state index in [9.17, 15) is 18.7 Å². The number of morpholine rings is 1. The number of hydrogen-bond donors (Lipinski definition) is 2. The summed E-state index contributed by atoms with van der Waals surface area (Å²) < 4.78 is 38.5. The average Bonchev–Trinajstić information content (AvgIpc) is 2.63. The van der Waals surface area contributed by atoms with Gasteiger partial charge in [-0.2, -0.15) is 0 Å². The monoisotopic (exact) mass is 442 g/mol. The summed E-state index contributed by atoms with van der Waals surface area (Å²) in [5.41, 5.74) is 5.81. The van der Waals surface area contributed by atoms with E-state index in [1.165, 1.54) is 17.0 Å². The molecule has 1 heterocycles. The number of amides is 1. The normalized spacial score (nSPS) is 21.8. The highest BCUT2D eigenvalue weighted by Crippen LogP contribution is 2.24. The van der Waals surface area contributed by atoms with Crippen molar-refractivity contribution in [3.05, 3.63) is 35.4 Å². The quantitative estimate of drug-likeness (QED) is 0.674. The van der Waals surface area contributed by atoms with Crippen LogP contribution >= 0.6 is 0 Å². The van der Waals surface area contributed by atoms with Crippen LogP contribution in [-0.4, -0.2) is 59.1 Å². The zero-order chi connectivity index (χ0) is 23.3. The molecule has 6 nitrogen and oxygen atoms in total. The molecule has 31 heavy (non-hydrogen) atoms. The largest absolute Gasteiger partial charge is 0.444 e. The molecule has 2 rings (SSSR count). The number of aliphatic hydroxyl groups excluding tert-OH is 1. The van der Waals surface area contributed by atoms with E-state index in [2.05, 4.69) is 13.8 Å². The molecule has 0 radical (unpaired) electrons.